The number of ether oxygens (including phenoxy) is 5. The second-order valence-electron chi connectivity index (χ2n) is 6.82. The van der Waals surface area contributed by atoms with E-state index in [2.05, 4.69) is 4.90 Å². The summed E-state index contributed by atoms with van der Waals surface area (Å²) in [6, 6.07) is 5.77. The van der Waals surface area contributed by atoms with E-state index in [1.54, 1.807) is 7.11 Å². The molecule has 0 amide bonds. The number of methoxy groups -OCH3 is 1. The molecule has 2 fully saturated rings. The van der Waals surface area contributed by atoms with Crippen molar-refractivity contribution in [1.29, 1.82) is 0 Å². The van der Waals surface area contributed by atoms with Gasteiger partial charge in [-0.3, -0.25) is 4.90 Å². The molecule has 0 N–H and O–H groups in total. The molecule has 25 heavy (non-hydrogen) atoms. The Balaban J connectivity index is 1.37. The van der Waals surface area contributed by atoms with Gasteiger partial charge in [-0.1, -0.05) is 6.07 Å². The average molecular weight is 349 g/mol. The highest BCUT2D eigenvalue weighted by Gasteiger charge is 2.41. The summed E-state index contributed by atoms with van der Waals surface area (Å²) < 4.78 is 29.5. The second kappa shape index (κ2) is 7.81. The van der Waals surface area contributed by atoms with Crippen LogP contribution in [0.3, 0.4) is 0 Å². The van der Waals surface area contributed by atoms with Gasteiger partial charge in [-0.05, 0) is 31.4 Å². The minimum atomic E-state index is -0.0435. The Kier molecular flexibility index (Phi) is 5.29. The van der Waals surface area contributed by atoms with E-state index in [0.29, 0.717) is 0 Å². The quantitative estimate of drug-likeness (QED) is 0.811. The van der Waals surface area contributed by atoms with Gasteiger partial charge in [0, 0.05) is 19.6 Å². The van der Waals surface area contributed by atoms with E-state index in [1.165, 1.54) is 0 Å². The maximum atomic E-state index is 6.27. The van der Waals surface area contributed by atoms with Crippen LogP contribution in [0.15, 0.2) is 18.2 Å². The van der Waals surface area contributed by atoms with Crippen LogP contribution >= 0.6 is 0 Å². The van der Waals surface area contributed by atoms with E-state index in [4.69, 9.17) is 23.7 Å². The fourth-order valence-electron chi connectivity index (χ4n) is 3.87. The highest BCUT2D eigenvalue weighted by molar-refractivity contribution is 5.52. The maximum Gasteiger partial charge on any atom is 0.203 e. The number of benzene rings is 1. The van der Waals surface area contributed by atoms with Crippen molar-refractivity contribution in [2.45, 2.75) is 37.6 Å². The molecule has 1 aliphatic carbocycles. The molecule has 0 spiro atoms. The summed E-state index contributed by atoms with van der Waals surface area (Å²) >= 11 is 0. The third-order valence-electron chi connectivity index (χ3n) is 5.25. The van der Waals surface area contributed by atoms with Gasteiger partial charge >= 0.3 is 0 Å². The van der Waals surface area contributed by atoms with Gasteiger partial charge in [-0.15, -0.1) is 0 Å². The number of morpholine rings is 1. The number of hydrogen-bond acceptors (Lipinski definition) is 6. The van der Waals surface area contributed by atoms with Gasteiger partial charge in [0.25, 0.3) is 0 Å². The Hall–Kier alpha value is -1.50. The summed E-state index contributed by atoms with van der Waals surface area (Å²) in [6.07, 6.45) is 3.18. The van der Waals surface area contributed by atoms with Crippen molar-refractivity contribution in [2.24, 2.45) is 0 Å². The van der Waals surface area contributed by atoms with E-state index >= 15 is 0 Å². The summed E-state index contributed by atoms with van der Waals surface area (Å²) in [6.45, 7) is 5.30. The molecule has 1 saturated carbocycles. The van der Waals surface area contributed by atoms with Crippen molar-refractivity contribution in [3.8, 4) is 17.2 Å². The van der Waals surface area contributed by atoms with Crippen molar-refractivity contribution >= 4 is 0 Å². The lowest BCUT2D eigenvalue weighted by molar-refractivity contribution is -0.112. The predicted octanol–water partition coefficient (Wildman–Crippen LogP) is 2.10. The summed E-state index contributed by atoms with van der Waals surface area (Å²) in [5.74, 6) is 2.20. The van der Waals surface area contributed by atoms with Gasteiger partial charge in [-0.2, -0.15) is 0 Å². The Labute approximate surface area is 148 Å². The molecule has 0 radical (unpaired) electrons. The molecule has 0 bridgehead atoms. The first-order valence-electron chi connectivity index (χ1n) is 9.27. The number of para-hydroxylation sites is 1. The van der Waals surface area contributed by atoms with Crippen molar-refractivity contribution in [3.63, 3.8) is 0 Å². The van der Waals surface area contributed by atoms with Gasteiger partial charge in [0.2, 0.25) is 5.75 Å². The first-order valence-corrected chi connectivity index (χ1v) is 9.27. The molecule has 6 nitrogen and oxygen atoms in total. The first-order chi connectivity index (χ1) is 12.3. The molecule has 0 aromatic heterocycles. The topological polar surface area (TPSA) is 49.4 Å². The standard InChI is InChI=1S/C19H27NO5/c1-21-14-4-2-6-16-18(14)24-17-7-3-5-15(19(17)25-16)23-13-10-20-8-11-22-12-9-20/h2,4,6,15,17,19H,3,5,7-13H2,1H3. The fraction of sp³-hybridized carbons (Fsp3) is 0.684. The van der Waals surface area contributed by atoms with Crippen LogP contribution in [0.1, 0.15) is 19.3 Å². The van der Waals surface area contributed by atoms with Crippen LogP contribution in [0.25, 0.3) is 0 Å². The molecule has 2 aliphatic heterocycles. The normalized spacial score (nSPS) is 29.1. The SMILES string of the molecule is COc1cccc2c1OC1CCCC(OCCN3CCOCC3)C1O2. The van der Waals surface area contributed by atoms with E-state index in [1.807, 2.05) is 18.2 Å². The molecule has 4 rings (SSSR count). The monoisotopic (exact) mass is 349 g/mol. The lowest BCUT2D eigenvalue weighted by Gasteiger charge is -2.41. The molecule has 2 heterocycles. The third kappa shape index (κ3) is 3.71. The molecule has 3 atom stereocenters. The fourth-order valence-corrected chi connectivity index (χ4v) is 3.87. The number of fused-ring (bicyclic) bond motifs is 2. The van der Waals surface area contributed by atoms with Gasteiger partial charge in [0.1, 0.15) is 6.10 Å². The molecule has 3 unspecified atom stereocenters. The van der Waals surface area contributed by atoms with Crippen LogP contribution in [0, 0.1) is 0 Å². The van der Waals surface area contributed by atoms with Crippen molar-refractivity contribution in [1.82, 2.24) is 4.90 Å². The highest BCUT2D eigenvalue weighted by Crippen LogP contribution is 2.44. The first kappa shape index (κ1) is 16.9. The molecule has 138 valence electrons. The molecule has 3 aliphatic rings. The van der Waals surface area contributed by atoms with Crippen molar-refractivity contribution in [3.05, 3.63) is 18.2 Å². The molecule has 1 aromatic carbocycles. The van der Waals surface area contributed by atoms with Gasteiger partial charge in [0.05, 0.1) is 33.0 Å². The van der Waals surface area contributed by atoms with Gasteiger partial charge < -0.3 is 23.7 Å². The van der Waals surface area contributed by atoms with Gasteiger partial charge in [0.15, 0.2) is 17.6 Å². The van der Waals surface area contributed by atoms with Crippen LogP contribution in [0.5, 0.6) is 17.2 Å². The Morgan fingerprint density at radius 1 is 1.16 bits per heavy atom. The zero-order chi connectivity index (χ0) is 17.1. The Morgan fingerprint density at radius 3 is 2.88 bits per heavy atom. The number of rotatable bonds is 5. The Bertz CT molecular complexity index is 575. The zero-order valence-electron chi connectivity index (χ0n) is 14.8. The molecular weight excluding hydrogens is 322 g/mol. The number of nitrogens with zero attached hydrogens (tertiary/aromatic N) is 1. The Morgan fingerprint density at radius 2 is 2.04 bits per heavy atom. The zero-order valence-corrected chi connectivity index (χ0v) is 14.8. The summed E-state index contributed by atoms with van der Waals surface area (Å²) in [4.78, 5) is 2.39. The lowest BCUT2D eigenvalue weighted by atomic mass is 9.90. The van der Waals surface area contributed by atoms with E-state index in [9.17, 15) is 0 Å². The van der Waals surface area contributed by atoms with Crippen molar-refractivity contribution in [2.75, 3.05) is 46.6 Å². The van der Waals surface area contributed by atoms with E-state index in [-0.39, 0.29) is 18.3 Å². The van der Waals surface area contributed by atoms with Crippen molar-refractivity contribution < 1.29 is 23.7 Å². The average Bonchev–Trinajstić information content (AvgIpc) is 2.67. The van der Waals surface area contributed by atoms with E-state index in [0.717, 1.165) is 76.0 Å². The minimum absolute atomic E-state index is 0.0333. The van der Waals surface area contributed by atoms with E-state index < -0.39 is 0 Å². The largest absolute Gasteiger partial charge is 0.493 e. The predicted molar refractivity (Wildman–Crippen MR) is 92.7 cm³/mol. The summed E-state index contributed by atoms with van der Waals surface area (Å²) in [7, 11) is 1.66. The van der Waals surface area contributed by atoms with Crippen LogP contribution < -0.4 is 14.2 Å². The number of hydrogen-bond donors (Lipinski definition) is 0. The smallest absolute Gasteiger partial charge is 0.203 e. The van der Waals surface area contributed by atoms with Crippen LogP contribution in [0.2, 0.25) is 0 Å². The van der Waals surface area contributed by atoms with Crippen LogP contribution in [-0.4, -0.2) is 69.8 Å². The second-order valence-corrected chi connectivity index (χ2v) is 6.82. The third-order valence-corrected chi connectivity index (χ3v) is 5.25. The summed E-state index contributed by atoms with van der Waals surface area (Å²) in [5, 5.41) is 0. The molecule has 1 saturated heterocycles. The van der Waals surface area contributed by atoms with Crippen LogP contribution in [-0.2, 0) is 9.47 Å². The van der Waals surface area contributed by atoms with Gasteiger partial charge in [-0.25, -0.2) is 0 Å². The lowest BCUT2D eigenvalue weighted by Crippen LogP contribution is -2.51. The maximum absolute atomic E-state index is 6.27. The minimum Gasteiger partial charge on any atom is -0.493 e. The summed E-state index contributed by atoms with van der Waals surface area (Å²) in [5.41, 5.74) is 0. The van der Waals surface area contributed by atoms with Crippen LogP contribution in [0.4, 0.5) is 0 Å². The molecular formula is C19H27NO5. The molecule has 1 aromatic rings. The highest BCUT2D eigenvalue weighted by atomic mass is 16.6. The molecule has 6 heteroatoms.